The summed E-state index contributed by atoms with van der Waals surface area (Å²) in [6, 6.07) is 10.9. The second-order valence-electron chi connectivity index (χ2n) is 7.73. The van der Waals surface area contributed by atoms with Crippen molar-refractivity contribution in [2.24, 2.45) is 0 Å². The largest absolute Gasteiger partial charge is 0.462 e. The van der Waals surface area contributed by atoms with Crippen LogP contribution in [0.4, 0.5) is 13.2 Å². The van der Waals surface area contributed by atoms with Gasteiger partial charge in [-0.15, -0.1) is 0 Å². The predicted molar refractivity (Wildman–Crippen MR) is 112 cm³/mol. The van der Waals surface area contributed by atoms with Crippen LogP contribution < -0.4 is 10.1 Å². The van der Waals surface area contributed by atoms with E-state index in [0.717, 1.165) is 5.56 Å². The van der Waals surface area contributed by atoms with Crippen LogP contribution in [-0.4, -0.2) is 60.0 Å². The van der Waals surface area contributed by atoms with Gasteiger partial charge >= 0.3 is 6.61 Å². The third-order valence-corrected chi connectivity index (χ3v) is 5.27. The number of hydrogen-bond acceptors (Lipinski definition) is 6. The molecule has 3 rings (SSSR count). The van der Waals surface area contributed by atoms with Crippen LogP contribution >= 0.6 is 0 Å². The van der Waals surface area contributed by atoms with Crippen molar-refractivity contribution < 1.29 is 42.4 Å². The smallest absolute Gasteiger partial charge is 0.345 e. The van der Waals surface area contributed by atoms with E-state index in [0.29, 0.717) is 24.1 Å². The van der Waals surface area contributed by atoms with Crippen molar-refractivity contribution in [1.82, 2.24) is 5.32 Å². The van der Waals surface area contributed by atoms with Gasteiger partial charge in [-0.25, -0.2) is 4.39 Å². The molecule has 0 unspecified atom stereocenters. The van der Waals surface area contributed by atoms with Gasteiger partial charge < -0.3 is 29.7 Å². The molecule has 0 saturated carbocycles. The maximum absolute atomic E-state index is 13.8. The molecule has 1 heterocycles. The van der Waals surface area contributed by atoms with Gasteiger partial charge in [0.15, 0.2) is 0 Å². The van der Waals surface area contributed by atoms with Gasteiger partial charge in [0.25, 0.3) is 0 Å². The molecule has 1 fully saturated rings. The SMILES string of the molecule is CC(=O)NCCc1ccc(O[C@@H]2O[C@@H](C)[C@H](OC(F)F)[C@@H](O)[C@H]2O)cc1-c1cccc(F)c1. The summed E-state index contributed by atoms with van der Waals surface area (Å²) in [5.74, 6) is -0.360. The van der Waals surface area contributed by atoms with Crippen LogP contribution in [0.2, 0.25) is 0 Å². The number of benzene rings is 2. The number of halogens is 3. The highest BCUT2D eigenvalue weighted by atomic mass is 19.3. The van der Waals surface area contributed by atoms with Crippen molar-refractivity contribution in [2.45, 2.75) is 57.6 Å². The van der Waals surface area contributed by atoms with Gasteiger partial charge in [0.2, 0.25) is 12.2 Å². The second-order valence-corrected chi connectivity index (χ2v) is 7.73. The first-order chi connectivity index (χ1) is 15.7. The third-order valence-electron chi connectivity index (χ3n) is 5.27. The van der Waals surface area contributed by atoms with Gasteiger partial charge in [-0.05, 0) is 54.3 Å². The summed E-state index contributed by atoms with van der Waals surface area (Å²) in [5, 5.41) is 23.2. The van der Waals surface area contributed by atoms with Crippen molar-refractivity contribution >= 4 is 5.91 Å². The van der Waals surface area contributed by atoms with E-state index in [4.69, 9.17) is 9.47 Å². The minimum Gasteiger partial charge on any atom is -0.462 e. The lowest BCUT2D eigenvalue weighted by molar-refractivity contribution is -0.304. The normalized spacial score (nSPS) is 25.2. The van der Waals surface area contributed by atoms with E-state index >= 15 is 0 Å². The van der Waals surface area contributed by atoms with Crippen LogP contribution in [-0.2, 0) is 20.7 Å². The van der Waals surface area contributed by atoms with Gasteiger partial charge in [0.05, 0.1) is 6.10 Å². The van der Waals surface area contributed by atoms with E-state index in [1.165, 1.54) is 26.0 Å². The second kappa shape index (κ2) is 11.0. The topological polar surface area (TPSA) is 97.3 Å². The first-order valence-electron chi connectivity index (χ1n) is 10.4. The lowest BCUT2D eigenvalue weighted by Gasteiger charge is -2.40. The Bertz CT molecular complexity index is 960. The third kappa shape index (κ3) is 6.44. The molecule has 0 radical (unpaired) electrons. The Labute approximate surface area is 189 Å². The van der Waals surface area contributed by atoms with Crippen molar-refractivity contribution in [3.63, 3.8) is 0 Å². The van der Waals surface area contributed by atoms with Gasteiger partial charge in [0, 0.05) is 13.5 Å². The standard InChI is InChI=1S/C23H26F3NO6/c1-12-21(33-23(25)26)19(29)20(30)22(31-12)32-17-7-6-14(8-9-27-13(2)28)18(11-17)15-4-3-5-16(24)10-15/h3-7,10-12,19-23,29-30H,8-9H2,1-2H3,(H,27,28)/t12-,19-,20+,21-,22-/m0/s1. The zero-order valence-electron chi connectivity index (χ0n) is 18.1. The maximum Gasteiger partial charge on any atom is 0.345 e. The van der Waals surface area contributed by atoms with Crippen LogP contribution in [0.5, 0.6) is 5.75 Å². The van der Waals surface area contributed by atoms with Crippen LogP contribution in [0, 0.1) is 5.82 Å². The number of carbonyl (C=O) groups is 1. The maximum atomic E-state index is 13.8. The molecule has 3 N–H and O–H groups in total. The Hall–Kier alpha value is -2.66. The van der Waals surface area contributed by atoms with E-state index in [2.05, 4.69) is 10.1 Å². The fourth-order valence-corrected chi connectivity index (χ4v) is 3.69. The molecule has 33 heavy (non-hydrogen) atoms. The number of nitrogens with one attached hydrogen (secondary N) is 1. The molecule has 10 heteroatoms. The molecule has 1 aliphatic heterocycles. The molecule has 0 spiro atoms. The summed E-state index contributed by atoms with van der Waals surface area (Å²) in [7, 11) is 0. The van der Waals surface area contributed by atoms with Crippen LogP contribution in [0.25, 0.3) is 11.1 Å². The Morgan fingerprint density at radius 1 is 1.18 bits per heavy atom. The van der Waals surface area contributed by atoms with Crippen LogP contribution in [0.15, 0.2) is 42.5 Å². The Morgan fingerprint density at radius 3 is 2.61 bits per heavy atom. The molecule has 1 amide bonds. The van der Waals surface area contributed by atoms with E-state index in [9.17, 15) is 28.2 Å². The van der Waals surface area contributed by atoms with Crippen LogP contribution in [0.1, 0.15) is 19.4 Å². The number of alkyl halides is 2. The molecule has 7 nitrogen and oxygen atoms in total. The van der Waals surface area contributed by atoms with Crippen molar-refractivity contribution in [3.05, 3.63) is 53.8 Å². The zero-order chi connectivity index (χ0) is 24.1. The van der Waals surface area contributed by atoms with E-state index in [1.54, 1.807) is 30.3 Å². The van der Waals surface area contributed by atoms with Gasteiger partial charge in [-0.3, -0.25) is 4.79 Å². The fraction of sp³-hybridized carbons (Fsp3) is 0.435. The molecule has 5 atom stereocenters. The fourth-order valence-electron chi connectivity index (χ4n) is 3.69. The molecule has 1 aliphatic rings. The summed E-state index contributed by atoms with van der Waals surface area (Å²) >= 11 is 0. The molecule has 1 saturated heterocycles. The first kappa shape index (κ1) is 25.0. The molecule has 0 bridgehead atoms. The average molecular weight is 469 g/mol. The minimum atomic E-state index is -3.14. The highest BCUT2D eigenvalue weighted by molar-refractivity contribution is 5.73. The van der Waals surface area contributed by atoms with Crippen molar-refractivity contribution in [2.75, 3.05) is 6.54 Å². The van der Waals surface area contributed by atoms with Crippen molar-refractivity contribution in [1.29, 1.82) is 0 Å². The molecule has 0 aromatic heterocycles. The number of aliphatic hydroxyl groups is 2. The molecule has 0 aliphatic carbocycles. The van der Waals surface area contributed by atoms with Gasteiger partial charge in [-0.1, -0.05) is 18.2 Å². The summed E-state index contributed by atoms with van der Waals surface area (Å²) in [5.41, 5.74) is 2.02. The van der Waals surface area contributed by atoms with E-state index in [-0.39, 0.29) is 11.7 Å². The Morgan fingerprint density at radius 2 is 1.94 bits per heavy atom. The Balaban J connectivity index is 1.83. The first-order valence-corrected chi connectivity index (χ1v) is 10.4. The quantitative estimate of drug-likeness (QED) is 0.550. The number of ether oxygens (including phenoxy) is 3. The molecule has 2 aromatic carbocycles. The monoisotopic (exact) mass is 469 g/mol. The number of hydrogen-bond donors (Lipinski definition) is 3. The minimum absolute atomic E-state index is 0.174. The Kier molecular flexibility index (Phi) is 8.30. The van der Waals surface area contributed by atoms with E-state index in [1.807, 2.05) is 0 Å². The lowest BCUT2D eigenvalue weighted by Crippen LogP contribution is -2.59. The molecule has 180 valence electrons. The summed E-state index contributed by atoms with van der Waals surface area (Å²) < 4.78 is 54.6. The molecular weight excluding hydrogens is 443 g/mol. The number of amides is 1. The van der Waals surface area contributed by atoms with Crippen molar-refractivity contribution in [3.8, 4) is 16.9 Å². The number of aliphatic hydroxyl groups excluding tert-OH is 2. The molecular formula is C23H26F3NO6. The number of rotatable bonds is 8. The summed E-state index contributed by atoms with van der Waals surface area (Å²) in [6.07, 6.45) is -6.61. The highest BCUT2D eigenvalue weighted by Gasteiger charge is 2.45. The van der Waals surface area contributed by atoms with Gasteiger partial charge in [0.1, 0.15) is 29.9 Å². The zero-order valence-corrected chi connectivity index (χ0v) is 18.1. The average Bonchev–Trinajstić information content (AvgIpc) is 2.75. The van der Waals surface area contributed by atoms with E-state index < -0.39 is 43.1 Å². The number of carbonyl (C=O) groups excluding carboxylic acids is 1. The molecule has 2 aromatic rings. The summed E-state index contributed by atoms with van der Waals surface area (Å²) in [4.78, 5) is 11.2. The predicted octanol–water partition coefficient (Wildman–Crippen LogP) is 2.62. The summed E-state index contributed by atoms with van der Waals surface area (Å²) in [6.45, 7) is 0.0604. The van der Waals surface area contributed by atoms with Gasteiger partial charge in [-0.2, -0.15) is 8.78 Å². The lowest BCUT2D eigenvalue weighted by atomic mass is 9.97. The highest BCUT2D eigenvalue weighted by Crippen LogP contribution is 2.32. The van der Waals surface area contributed by atoms with Crippen LogP contribution in [0.3, 0.4) is 0 Å².